The molecular formula is C11H8FNO3. The lowest BCUT2D eigenvalue weighted by Crippen LogP contribution is -2.09. The van der Waals surface area contributed by atoms with E-state index in [0.29, 0.717) is 6.29 Å². The zero-order chi connectivity index (χ0) is 12.1. The Morgan fingerprint density at radius 2 is 2.31 bits per heavy atom. The van der Waals surface area contributed by atoms with Crippen molar-refractivity contribution in [3.05, 3.63) is 34.6 Å². The van der Waals surface area contributed by atoms with Crippen LogP contribution in [0.3, 0.4) is 0 Å². The topological polar surface area (TPSA) is 67.2 Å². The number of carbonyl (C=O) groups is 2. The molecule has 1 aromatic carbocycles. The lowest BCUT2D eigenvalue weighted by Gasteiger charge is -2.05. The Bertz CT molecular complexity index is 477. The van der Waals surface area contributed by atoms with Crippen molar-refractivity contribution < 1.29 is 18.7 Å². The normalized spacial score (nSPS) is 9.31. The monoisotopic (exact) mass is 221 g/mol. The molecule has 0 atom stereocenters. The number of rotatable bonds is 3. The molecule has 0 saturated carbocycles. The minimum atomic E-state index is -0.818. The zero-order valence-corrected chi connectivity index (χ0v) is 8.49. The number of nitrogens with zero attached hydrogens (tertiary/aromatic N) is 1. The Labute approximate surface area is 91.3 Å². The van der Waals surface area contributed by atoms with Crippen molar-refractivity contribution in [3.63, 3.8) is 0 Å². The molecule has 0 fully saturated rings. The van der Waals surface area contributed by atoms with E-state index in [1.165, 1.54) is 0 Å². The van der Waals surface area contributed by atoms with Gasteiger partial charge in [-0.3, -0.25) is 4.79 Å². The average molecular weight is 221 g/mol. The summed E-state index contributed by atoms with van der Waals surface area (Å²) in [4.78, 5) is 22.0. The van der Waals surface area contributed by atoms with Crippen LogP contribution in [-0.2, 0) is 4.74 Å². The van der Waals surface area contributed by atoms with Crippen LogP contribution in [0.25, 0.3) is 0 Å². The van der Waals surface area contributed by atoms with Gasteiger partial charge in [0.25, 0.3) is 0 Å². The summed E-state index contributed by atoms with van der Waals surface area (Å²) in [6.45, 7) is 1.69. The highest BCUT2D eigenvalue weighted by Gasteiger charge is 2.17. The van der Waals surface area contributed by atoms with E-state index in [0.717, 1.165) is 12.1 Å². The lowest BCUT2D eigenvalue weighted by atomic mass is 10.0. The van der Waals surface area contributed by atoms with Gasteiger partial charge in [0, 0.05) is 5.56 Å². The molecule has 0 aromatic heterocycles. The molecule has 4 nitrogen and oxygen atoms in total. The van der Waals surface area contributed by atoms with Gasteiger partial charge in [0.1, 0.15) is 11.9 Å². The molecule has 0 radical (unpaired) electrons. The van der Waals surface area contributed by atoms with Crippen LogP contribution in [0.2, 0.25) is 0 Å². The first-order chi connectivity index (χ1) is 7.63. The van der Waals surface area contributed by atoms with Crippen LogP contribution in [0.4, 0.5) is 4.39 Å². The summed E-state index contributed by atoms with van der Waals surface area (Å²) in [5, 5.41) is 8.80. The molecule has 0 spiro atoms. The number of carbonyl (C=O) groups excluding carboxylic acids is 2. The predicted molar refractivity (Wildman–Crippen MR) is 52.5 cm³/mol. The van der Waals surface area contributed by atoms with Gasteiger partial charge in [-0.2, -0.15) is 5.26 Å². The number of esters is 1. The Morgan fingerprint density at radius 1 is 1.62 bits per heavy atom. The maximum absolute atomic E-state index is 13.1. The summed E-state index contributed by atoms with van der Waals surface area (Å²) in [5.74, 6) is -1.58. The summed E-state index contributed by atoms with van der Waals surface area (Å²) in [6, 6.07) is 3.46. The predicted octanol–water partition coefficient (Wildman–Crippen LogP) is 1.69. The van der Waals surface area contributed by atoms with E-state index in [9.17, 15) is 14.0 Å². The first kappa shape index (κ1) is 11.9. The second-order valence-corrected chi connectivity index (χ2v) is 2.87. The summed E-state index contributed by atoms with van der Waals surface area (Å²) in [5.41, 5.74) is -0.563. The van der Waals surface area contributed by atoms with Crippen molar-refractivity contribution in [2.24, 2.45) is 0 Å². The fraction of sp³-hybridized carbons (Fsp3) is 0.182. The second-order valence-electron chi connectivity index (χ2n) is 2.87. The molecule has 5 heteroatoms. The van der Waals surface area contributed by atoms with Crippen LogP contribution >= 0.6 is 0 Å². The highest BCUT2D eigenvalue weighted by atomic mass is 19.1. The molecule has 0 aliphatic rings. The number of benzene rings is 1. The fourth-order valence-electron chi connectivity index (χ4n) is 1.22. The quantitative estimate of drug-likeness (QED) is 0.575. The standard InChI is InChI=1S/C11H8FNO3/c1-2-16-11(15)9-4-8(12)3-7(6-14)10(9)5-13/h3-4,6H,2H2,1H3. The third-order valence-electron chi connectivity index (χ3n) is 1.87. The lowest BCUT2D eigenvalue weighted by molar-refractivity contribution is 0.0525. The summed E-state index contributed by atoms with van der Waals surface area (Å²) in [7, 11) is 0. The molecule has 82 valence electrons. The van der Waals surface area contributed by atoms with E-state index in [1.54, 1.807) is 13.0 Å². The number of halogens is 1. The number of nitriles is 1. The van der Waals surface area contributed by atoms with Crippen LogP contribution in [-0.4, -0.2) is 18.9 Å². The molecule has 0 heterocycles. The van der Waals surface area contributed by atoms with Gasteiger partial charge in [0.2, 0.25) is 0 Å². The Hall–Kier alpha value is -2.22. The van der Waals surface area contributed by atoms with Gasteiger partial charge in [-0.25, -0.2) is 9.18 Å². The van der Waals surface area contributed by atoms with Gasteiger partial charge in [0.15, 0.2) is 6.29 Å². The van der Waals surface area contributed by atoms with E-state index in [4.69, 9.17) is 5.26 Å². The van der Waals surface area contributed by atoms with Gasteiger partial charge in [0.05, 0.1) is 17.7 Å². The minimum Gasteiger partial charge on any atom is -0.462 e. The molecule has 0 aliphatic carbocycles. The average Bonchev–Trinajstić information content (AvgIpc) is 2.28. The molecule has 1 rings (SSSR count). The maximum Gasteiger partial charge on any atom is 0.339 e. The second kappa shape index (κ2) is 5.03. The third kappa shape index (κ3) is 2.23. The van der Waals surface area contributed by atoms with E-state index >= 15 is 0 Å². The van der Waals surface area contributed by atoms with E-state index < -0.39 is 11.8 Å². The van der Waals surface area contributed by atoms with Gasteiger partial charge in [-0.15, -0.1) is 0 Å². The highest BCUT2D eigenvalue weighted by Crippen LogP contribution is 2.16. The van der Waals surface area contributed by atoms with Crippen molar-refractivity contribution in [1.29, 1.82) is 5.26 Å². The molecular weight excluding hydrogens is 213 g/mol. The first-order valence-electron chi connectivity index (χ1n) is 4.50. The molecule has 1 aromatic rings. The Balaban J connectivity index is 3.37. The van der Waals surface area contributed by atoms with Gasteiger partial charge in [-0.05, 0) is 19.1 Å². The number of hydrogen-bond acceptors (Lipinski definition) is 4. The van der Waals surface area contributed by atoms with Crippen LogP contribution < -0.4 is 0 Å². The molecule has 0 saturated heterocycles. The van der Waals surface area contributed by atoms with E-state index in [2.05, 4.69) is 4.74 Å². The van der Waals surface area contributed by atoms with Crippen molar-refractivity contribution in [2.45, 2.75) is 6.92 Å². The molecule has 0 bridgehead atoms. The van der Waals surface area contributed by atoms with Crippen molar-refractivity contribution >= 4 is 12.3 Å². The van der Waals surface area contributed by atoms with Gasteiger partial charge < -0.3 is 4.74 Å². The summed E-state index contributed by atoms with van der Waals surface area (Å²) >= 11 is 0. The number of ether oxygens (including phenoxy) is 1. The fourth-order valence-corrected chi connectivity index (χ4v) is 1.22. The summed E-state index contributed by atoms with van der Waals surface area (Å²) in [6.07, 6.45) is 0.324. The SMILES string of the molecule is CCOC(=O)c1cc(F)cc(C=O)c1C#N. The number of hydrogen-bond donors (Lipinski definition) is 0. The van der Waals surface area contributed by atoms with E-state index in [-0.39, 0.29) is 23.3 Å². The minimum absolute atomic E-state index is 0.108. The van der Waals surface area contributed by atoms with Gasteiger partial charge in [-0.1, -0.05) is 0 Å². The van der Waals surface area contributed by atoms with Crippen LogP contribution in [0.1, 0.15) is 33.2 Å². The van der Waals surface area contributed by atoms with Crippen LogP contribution in [0, 0.1) is 17.1 Å². The molecule has 0 unspecified atom stereocenters. The molecule has 0 N–H and O–H groups in total. The Kier molecular flexibility index (Phi) is 3.72. The molecule has 0 amide bonds. The largest absolute Gasteiger partial charge is 0.462 e. The molecule has 16 heavy (non-hydrogen) atoms. The van der Waals surface area contributed by atoms with Crippen LogP contribution in [0.15, 0.2) is 12.1 Å². The Morgan fingerprint density at radius 3 is 2.81 bits per heavy atom. The van der Waals surface area contributed by atoms with Crippen LogP contribution in [0.5, 0.6) is 0 Å². The van der Waals surface area contributed by atoms with Crippen molar-refractivity contribution in [2.75, 3.05) is 6.61 Å². The molecule has 0 aliphatic heterocycles. The first-order valence-corrected chi connectivity index (χ1v) is 4.50. The highest BCUT2D eigenvalue weighted by molar-refractivity contribution is 5.95. The van der Waals surface area contributed by atoms with E-state index in [1.807, 2.05) is 0 Å². The smallest absolute Gasteiger partial charge is 0.339 e. The maximum atomic E-state index is 13.1. The van der Waals surface area contributed by atoms with Crippen molar-refractivity contribution in [1.82, 2.24) is 0 Å². The van der Waals surface area contributed by atoms with Gasteiger partial charge >= 0.3 is 5.97 Å². The zero-order valence-electron chi connectivity index (χ0n) is 8.49. The summed E-state index contributed by atoms with van der Waals surface area (Å²) < 4.78 is 17.7. The van der Waals surface area contributed by atoms with Crippen molar-refractivity contribution in [3.8, 4) is 6.07 Å². The third-order valence-corrected chi connectivity index (χ3v) is 1.87. The number of aldehydes is 1.